The van der Waals surface area contributed by atoms with Crippen LogP contribution < -0.4 is 5.73 Å². The molecule has 120 valence electrons. The SMILES string of the molecule is CCCCCCCCCC(CN)(c1ccccc1)C(C)O. The van der Waals surface area contributed by atoms with Crippen LogP contribution in [-0.2, 0) is 5.41 Å². The molecule has 2 heteroatoms. The van der Waals surface area contributed by atoms with E-state index < -0.39 is 6.10 Å². The molecule has 3 N–H and O–H groups in total. The number of aliphatic hydroxyl groups excluding tert-OH is 1. The molecule has 0 amide bonds. The summed E-state index contributed by atoms with van der Waals surface area (Å²) in [6.45, 7) is 4.63. The Kier molecular flexibility index (Phi) is 8.63. The highest BCUT2D eigenvalue weighted by Crippen LogP contribution is 2.33. The normalized spacial score (nSPS) is 15.6. The van der Waals surface area contributed by atoms with E-state index in [1.54, 1.807) is 0 Å². The van der Waals surface area contributed by atoms with E-state index >= 15 is 0 Å². The Morgan fingerprint density at radius 3 is 2.10 bits per heavy atom. The Hall–Kier alpha value is -0.860. The molecule has 0 spiro atoms. The highest BCUT2D eigenvalue weighted by Gasteiger charge is 2.35. The molecule has 0 radical (unpaired) electrons. The Morgan fingerprint density at radius 2 is 1.57 bits per heavy atom. The lowest BCUT2D eigenvalue weighted by Crippen LogP contribution is -2.44. The van der Waals surface area contributed by atoms with Gasteiger partial charge in [-0.05, 0) is 18.9 Å². The van der Waals surface area contributed by atoms with Gasteiger partial charge in [-0.15, -0.1) is 0 Å². The molecule has 21 heavy (non-hydrogen) atoms. The molecule has 2 unspecified atom stereocenters. The highest BCUT2D eigenvalue weighted by molar-refractivity contribution is 5.27. The van der Waals surface area contributed by atoms with Gasteiger partial charge < -0.3 is 10.8 Å². The second kappa shape index (κ2) is 9.97. The van der Waals surface area contributed by atoms with Gasteiger partial charge in [-0.1, -0.05) is 82.2 Å². The van der Waals surface area contributed by atoms with Crippen LogP contribution in [0.3, 0.4) is 0 Å². The summed E-state index contributed by atoms with van der Waals surface area (Å²) >= 11 is 0. The van der Waals surface area contributed by atoms with E-state index in [1.165, 1.54) is 44.1 Å². The second-order valence-electron chi connectivity index (χ2n) is 6.27. The number of rotatable bonds is 11. The zero-order valence-electron chi connectivity index (χ0n) is 13.9. The van der Waals surface area contributed by atoms with Gasteiger partial charge in [0.2, 0.25) is 0 Å². The summed E-state index contributed by atoms with van der Waals surface area (Å²) < 4.78 is 0. The molecular formula is C19H33NO. The smallest absolute Gasteiger partial charge is 0.0620 e. The first kappa shape index (κ1) is 18.2. The number of hydrogen-bond acceptors (Lipinski definition) is 2. The van der Waals surface area contributed by atoms with Crippen molar-refractivity contribution in [1.29, 1.82) is 0 Å². The molecule has 0 aliphatic carbocycles. The van der Waals surface area contributed by atoms with E-state index in [9.17, 15) is 5.11 Å². The first-order valence-electron chi connectivity index (χ1n) is 8.61. The average molecular weight is 291 g/mol. The number of hydrogen-bond donors (Lipinski definition) is 2. The Bertz CT molecular complexity index is 363. The van der Waals surface area contributed by atoms with Gasteiger partial charge >= 0.3 is 0 Å². The summed E-state index contributed by atoms with van der Waals surface area (Å²) in [5.74, 6) is 0. The maximum atomic E-state index is 10.3. The summed E-state index contributed by atoms with van der Waals surface area (Å²) in [5, 5.41) is 10.3. The number of nitrogens with two attached hydrogens (primary N) is 1. The minimum Gasteiger partial charge on any atom is -0.392 e. The lowest BCUT2D eigenvalue weighted by molar-refractivity contribution is 0.0922. The van der Waals surface area contributed by atoms with Gasteiger partial charge in [0.1, 0.15) is 0 Å². The molecule has 1 aromatic carbocycles. The predicted octanol–water partition coefficient (Wildman–Crippen LogP) is 4.40. The third-order valence-electron chi connectivity index (χ3n) is 4.74. The van der Waals surface area contributed by atoms with Crippen molar-refractivity contribution in [3.63, 3.8) is 0 Å². The molecule has 2 nitrogen and oxygen atoms in total. The van der Waals surface area contributed by atoms with Crippen LogP contribution >= 0.6 is 0 Å². The fourth-order valence-electron chi connectivity index (χ4n) is 3.15. The maximum Gasteiger partial charge on any atom is 0.0620 e. The summed E-state index contributed by atoms with van der Waals surface area (Å²) in [7, 11) is 0. The second-order valence-corrected chi connectivity index (χ2v) is 6.27. The Labute approximate surface area is 130 Å². The van der Waals surface area contributed by atoms with Crippen molar-refractivity contribution in [2.75, 3.05) is 6.54 Å². The topological polar surface area (TPSA) is 46.2 Å². The Balaban J connectivity index is 2.52. The first-order valence-corrected chi connectivity index (χ1v) is 8.61. The quantitative estimate of drug-likeness (QED) is 0.593. The van der Waals surface area contributed by atoms with E-state index in [-0.39, 0.29) is 5.41 Å². The van der Waals surface area contributed by atoms with E-state index in [1.807, 2.05) is 25.1 Å². The van der Waals surface area contributed by atoms with E-state index in [2.05, 4.69) is 19.1 Å². The Morgan fingerprint density at radius 1 is 1.00 bits per heavy atom. The number of unbranched alkanes of at least 4 members (excludes halogenated alkanes) is 6. The van der Waals surface area contributed by atoms with Crippen LogP contribution in [0.4, 0.5) is 0 Å². The molecule has 0 bridgehead atoms. The number of aliphatic hydroxyl groups is 1. The standard InChI is InChI=1S/C19H33NO/c1-3-4-5-6-7-8-12-15-19(16-20,17(2)21)18-13-10-9-11-14-18/h9-11,13-14,17,21H,3-8,12,15-16,20H2,1-2H3. The molecular weight excluding hydrogens is 258 g/mol. The maximum absolute atomic E-state index is 10.3. The molecule has 2 atom stereocenters. The summed E-state index contributed by atoms with van der Waals surface area (Å²) in [5.41, 5.74) is 6.95. The van der Waals surface area contributed by atoms with Crippen LogP contribution in [0, 0.1) is 0 Å². The fourth-order valence-corrected chi connectivity index (χ4v) is 3.15. The summed E-state index contributed by atoms with van der Waals surface area (Å²) in [6, 6.07) is 10.3. The predicted molar refractivity (Wildman–Crippen MR) is 91.5 cm³/mol. The third kappa shape index (κ3) is 5.44. The summed E-state index contributed by atoms with van der Waals surface area (Å²) in [4.78, 5) is 0. The summed E-state index contributed by atoms with van der Waals surface area (Å²) in [6.07, 6.45) is 9.58. The molecule has 0 heterocycles. The molecule has 0 saturated heterocycles. The van der Waals surface area contributed by atoms with Gasteiger partial charge in [0.25, 0.3) is 0 Å². The molecule has 1 aromatic rings. The van der Waals surface area contributed by atoms with Crippen molar-refractivity contribution in [3.8, 4) is 0 Å². The van der Waals surface area contributed by atoms with Gasteiger partial charge in [-0.2, -0.15) is 0 Å². The van der Waals surface area contributed by atoms with E-state index in [0.29, 0.717) is 6.54 Å². The third-order valence-corrected chi connectivity index (χ3v) is 4.74. The van der Waals surface area contributed by atoms with E-state index in [4.69, 9.17) is 5.73 Å². The van der Waals surface area contributed by atoms with Crippen LogP contribution in [0.25, 0.3) is 0 Å². The molecule has 0 fully saturated rings. The molecule has 0 aromatic heterocycles. The van der Waals surface area contributed by atoms with Crippen molar-refractivity contribution < 1.29 is 5.11 Å². The number of benzene rings is 1. The lowest BCUT2D eigenvalue weighted by Gasteiger charge is -2.36. The monoisotopic (exact) mass is 291 g/mol. The minimum absolute atomic E-state index is 0.287. The zero-order valence-corrected chi connectivity index (χ0v) is 13.9. The van der Waals surface area contributed by atoms with Crippen LogP contribution in [-0.4, -0.2) is 17.8 Å². The van der Waals surface area contributed by atoms with Crippen molar-refractivity contribution in [1.82, 2.24) is 0 Å². The van der Waals surface area contributed by atoms with Crippen molar-refractivity contribution >= 4 is 0 Å². The fraction of sp³-hybridized carbons (Fsp3) is 0.684. The van der Waals surface area contributed by atoms with Crippen LogP contribution in [0.1, 0.15) is 70.8 Å². The van der Waals surface area contributed by atoms with Gasteiger partial charge in [-0.3, -0.25) is 0 Å². The molecule has 1 rings (SSSR count). The molecule has 0 saturated carbocycles. The molecule has 0 aliphatic heterocycles. The highest BCUT2D eigenvalue weighted by atomic mass is 16.3. The average Bonchev–Trinajstić information content (AvgIpc) is 2.51. The van der Waals surface area contributed by atoms with Crippen LogP contribution in [0.5, 0.6) is 0 Å². The minimum atomic E-state index is -0.412. The van der Waals surface area contributed by atoms with Crippen molar-refractivity contribution in [2.24, 2.45) is 5.73 Å². The van der Waals surface area contributed by atoms with E-state index in [0.717, 1.165) is 12.8 Å². The largest absolute Gasteiger partial charge is 0.392 e. The lowest BCUT2D eigenvalue weighted by atomic mass is 9.72. The van der Waals surface area contributed by atoms with Crippen LogP contribution in [0.15, 0.2) is 30.3 Å². The van der Waals surface area contributed by atoms with Crippen molar-refractivity contribution in [2.45, 2.75) is 76.7 Å². The first-order chi connectivity index (χ1) is 10.2. The van der Waals surface area contributed by atoms with Gasteiger partial charge in [0.15, 0.2) is 0 Å². The van der Waals surface area contributed by atoms with Gasteiger partial charge in [-0.25, -0.2) is 0 Å². The van der Waals surface area contributed by atoms with Crippen molar-refractivity contribution in [3.05, 3.63) is 35.9 Å². The van der Waals surface area contributed by atoms with Crippen LogP contribution in [0.2, 0.25) is 0 Å². The van der Waals surface area contributed by atoms with Gasteiger partial charge in [0.05, 0.1) is 6.10 Å². The molecule has 0 aliphatic rings. The van der Waals surface area contributed by atoms with Gasteiger partial charge in [0, 0.05) is 12.0 Å². The zero-order chi connectivity index (χ0) is 15.6.